The molecule has 0 aliphatic rings. The van der Waals surface area contributed by atoms with Crippen LogP contribution >= 0.6 is 23.2 Å². The molecule has 0 saturated heterocycles. The van der Waals surface area contributed by atoms with Gasteiger partial charge in [-0.05, 0) is 17.7 Å². The lowest BCUT2D eigenvalue weighted by molar-refractivity contribution is -0.144. The van der Waals surface area contributed by atoms with Gasteiger partial charge in [0.2, 0.25) is 0 Å². The molecule has 0 radical (unpaired) electrons. The summed E-state index contributed by atoms with van der Waals surface area (Å²) in [6.45, 7) is 1.69. The molecule has 0 saturated carbocycles. The number of ether oxygens (including phenoxy) is 1. The maximum Gasteiger partial charge on any atom is 0.309 e. The Hall–Kier alpha value is -0.580. The second-order valence-corrected chi connectivity index (χ2v) is 6.24. The number of methoxy groups -OCH3 is 1. The molecule has 3 nitrogen and oxygen atoms in total. The molecule has 0 aliphatic heterocycles. The monoisotopic (exact) mass is 308 g/mol. The zero-order chi connectivity index (χ0) is 13.7. The molecule has 1 aromatic rings. The third-order valence-corrected chi connectivity index (χ3v) is 4.62. The van der Waals surface area contributed by atoms with Crippen LogP contribution < -0.4 is 0 Å². The molecular formula is C12H14Cl2O3S. The molecule has 0 spiro atoms. The summed E-state index contributed by atoms with van der Waals surface area (Å²) in [7, 11) is 0.179. The summed E-state index contributed by atoms with van der Waals surface area (Å²) in [5.41, 5.74) is 0.833. The Morgan fingerprint density at radius 1 is 1.39 bits per heavy atom. The van der Waals surface area contributed by atoms with Gasteiger partial charge in [0.1, 0.15) is 0 Å². The lowest BCUT2D eigenvalue weighted by atomic mass is 10.2. The van der Waals surface area contributed by atoms with Crippen LogP contribution in [-0.2, 0) is 26.1 Å². The van der Waals surface area contributed by atoms with Crippen LogP contribution in [0.2, 0.25) is 10.0 Å². The predicted octanol–water partition coefficient (Wildman–Crippen LogP) is 3.05. The third-order valence-electron chi connectivity index (χ3n) is 2.35. The Morgan fingerprint density at radius 3 is 2.61 bits per heavy atom. The fraction of sp³-hybridized carbons (Fsp3) is 0.417. The molecule has 2 atom stereocenters. The third kappa shape index (κ3) is 4.59. The van der Waals surface area contributed by atoms with Crippen molar-refractivity contribution in [1.82, 2.24) is 0 Å². The first-order valence-corrected chi connectivity index (χ1v) is 7.55. The van der Waals surface area contributed by atoms with Crippen molar-refractivity contribution >= 4 is 40.0 Å². The minimum absolute atomic E-state index is 0.271. The van der Waals surface area contributed by atoms with Gasteiger partial charge in [0.25, 0.3) is 0 Å². The molecule has 0 N–H and O–H groups in total. The van der Waals surface area contributed by atoms with E-state index in [-0.39, 0.29) is 17.6 Å². The number of carbonyl (C=O) groups excluding carboxylic acids is 1. The molecule has 0 fully saturated rings. The topological polar surface area (TPSA) is 43.4 Å². The summed E-state index contributed by atoms with van der Waals surface area (Å²) in [4.78, 5) is 11.2. The summed E-state index contributed by atoms with van der Waals surface area (Å²) in [5, 5.41) is 0.904. The molecule has 100 valence electrons. The molecule has 0 aromatic heterocycles. The van der Waals surface area contributed by atoms with E-state index in [9.17, 15) is 9.00 Å². The summed E-state index contributed by atoms with van der Waals surface area (Å²) in [6, 6.07) is 5.12. The number of halogens is 2. The van der Waals surface area contributed by atoms with Gasteiger partial charge in [0.15, 0.2) is 0 Å². The highest BCUT2D eigenvalue weighted by molar-refractivity contribution is 7.84. The van der Waals surface area contributed by atoms with Crippen LogP contribution in [0.4, 0.5) is 0 Å². The number of hydrogen-bond donors (Lipinski definition) is 0. The summed E-state index contributed by atoms with van der Waals surface area (Å²) >= 11 is 11.7. The Bertz CT molecular complexity index is 463. The number of carbonyl (C=O) groups is 1. The van der Waals surface area contributed by atoms with Crippen molar-refractivity contribution in [2.24, 2.45) is 5.92 Å². The first kappa shape index (κ1) is 15.5. The summed E-state index contributed by atoms with van der Waals surface area (Å²) < 4.78 is 16.5. The van der Waals surface area contributed by atoms with Gasteiger partial charge in [-0.25, -0.2) is 0 Å². The first-order valence-electron chi connectivity index (χ1n) is 5.30. The van der Waals surface area contributed by atoms with Gasteiger partial charge in [-0.1, -0.05) is 36.2 Å². The van der Waals surface area contributed by atoms with Crippen molar-refractivity contribution in [3.8, 4) is 0 Å². The zero-order valence-electron chi connectivity index (χ0n) is 10.1. The van der Waals surface area contributed by atoms with Crippen LogP contribution in [0.15, 0.2) is 18.2 Å². The van der Waals surface area contributed by atoms with Gasteiger partial charge in [-0.3, -0.25) is 9.00 Å². The molecule has 0 bridgehead atoms. The number of benzene rings is 1. The van der Waals surface area contributed by atoms with Gasteiger partial charge >= 0.3 is 5.97 Å². The zero-order valence-corrected chi connectivity index (χ0v) is 12.4. The highest BCUT2D eigenvalue weighted by Crippen LogP contribution is 2.23. The Labute approximate surface area is 119 Å². The molecule has 0 amide bonds. The second-order valence-electron chi connectivity index (χ2n) is 3.92. The first-order chi connectivity index (χ1) is 8.43. The predicted molar refractivity (Wildman–Crippen MR) is 74.4 cm³/mol. The van der Waals surface area contributed by atoms with Crippen LogP contribution in [-0.4, -0.2) is 23.0 Å². The number of hydrogen-bond acceptors (Lipinski definition) is 3. The van der Waals surface area contributed by atoms with Crippen LogP contribution in [0.25, 0.3) is 0 Å². The van der Waals surface area contributed by atoms with Crippen LogP contribution in [0, 0.1) is 5.92 Å². The molecule has 0 heterocycles. The number of rotatable bonds is 5. The summed E-state index contributed by atoms with van der Waals surface area (Å²) in [5.74, 6) is -0.110. The van der Waals surface area contributed by atoms with E-state index in [4.69, 9.17) is 23.2 Å². The van der Waals surface area contributed by atoms with Crippen molar-refractivity contribution in [2.45, 2.75) is 12.7 Å². The van der Waals surface area contributed by atoms with Crippen molar-refractivity contribution < 1.29 is 13.7 Å². The average Bonchev–Trinajstić information content (AvgIpc) is 2.32. The van der Waals surface area contributed by atoms with E-state index in [0.29, 0.717) is 15.8 Å². The van der Waals surface area contributed by atoms with E-state index in [1.165, 1.54) is 7.11 Å². The fourth-order valence-corrected chi connectivity index (χ4v) is 3.11. The van der Waals surface area contributed by atoms with Gasteiger partial charge in [-0.15, -0.1) is 0 Å². The molecule has 6 heteroatoms. The largest absolute Gasteiger partial charge is 0.469 e. The van der Waals surface area contributed by atoms with E-state index >= 15 is 0 Å². The van der Waals surface area contributed by atoms with Crippen molar-refractivity contribution in [3.05, 3.63) is 33.8 Å². The lowest BCUT2D eigenvalue weighted by Crippen LogP contribution is -2.20. The van der Waals surface area contributed by atoms with E-state index in [0.717, 1.165) is 5.56 Å². The smallest absolute Gasteiger partial charge is 0.309 e. The van der Waals surface area contributed by atoms with E-state index in [2.05, 4.69) is 4.74 Å². The maximum absolute atomic E-state index is 11.9. The summed E-state index contributed by atoms with van der Waals surface area (Å²) in [6.07, 6.45) is 0. The van der Waals surface area contributed by atoms with Crippen molar-refractivity contribution in [2.75, 3.05) is 12.9 Å². The lowest BCUT2D eigenvalue weighted by Gasteiger charge is -2.09. The minimum atomic E-state index is -1.14. The molecule has 18 heavy (non-hydrogen) atoms. The van der Waals surface area contributed by atoms with E-state index < -0.39 is 10.8 Å². The standard InChI is InChI=1S/C12H14Cl2O3S/c1-8(12(15)17-2)6-18(16)7-9-3-4-10(13)11(14)5-9/h3-5,8H,6-7H2,1-2H3. The molecule has 2 unspecified atom stereocenters. The molecule has 1 aromatic carbocycles. The molecule has 1 rings (SSSR count). The Balaban J connectivity index is 2.59. The highest BCUT2D eigenvalue weighted by atomic mass is 35.5. The van der Waals surface area contributed by atoms with Crippen LogP contribution in [0.5, 0.6) is 0 Å². The second kappa shape index (κ2) is 7.12. The van der Waals surface area contributed by atoms with Gasteiger partial charge in [0, 0.05) is 22.3 Å². The SMILES string of the molecule is COC(=O)C(C)CS(=O)Cc1ccc(Cl)c(Cl)c1. The minimum Gasteiger partial charge on any atom is -0.469 e. The molecular weight excluding hydrogens is 295 g/mol. The van der Waals surface area contributed by atoms with E-state index in [1.807, 2.05) is 0 Å². The van der Waals surface area contributed by atoms with Gasteiger partial charge in [0.05, 0.1) is 23.1 Å². The number of esters is 1. The van der Waals surface area contributed by atoms with Crippen molar-refractivity contribution in [1.29, 1.82) is 0 Å². The Morgan fingerprint density at radius 2 is 2.06 bits per heavy atom. The highest BCUT2D eigenvalue weighted by Gasteiger charge is 2.16. The van der Waals surface area contributed by atoms with Gasteiger partial charge in [-0.2, -0.15) is 0 Å². The van der Waals surface area contributed by atoms with Crippen molar-refractivity contribution in [3.63, 3.8) is 0 Å². The van der Waals surface area contributed by atoms with Crippen LogP contribution in [0.3, 0.4) is 0 Å². The van der Waals surface area contributed by atoms with Gasteiger partial charge < -0.3 is 4.74 Å². The maximum atomic E-state index is 11.9. The van der Waals surface area contributed by atoms with Crippen LogP contribution in [0.1, 0.15) is 12.5 Å². The Kier molecular flexibility index (Phi) is 6.12. The fourth-order valence-electron chi connectivity index (χ4n) is 1.42. The normalized spacial score (nSPS) is 14.0. The molecule has 0 aliphatic carbocycles. The quantitative estimate of drug-likeness (QED) is 0.785. The van der Waals surface area contributed by atoms with E-state index in [1.54, 1.807) is 25.1 Å². The average molecular weight is 309 g/mol.